The van der Waals surface area contributed by atoms with Crippen LogP contribution in [-0.2, 0) is 6.54 Å². The van der Waals surface area contributed by atoms with Crippen molar-refractivity contribution in [2.24, 2.45) is 0 Å². The number of anilines is 1. The van der Waals surface area contributed by atoms with Crippen molar-refractivity contribution in [3.8, 4) is 0 Å². The molecule has 2 aromatic rings. The van der Waals surface area contributed by atoms with Gasteiger partial charge in [-0.2, -0.15) is 0 Å². The number of rotatable bonds is 5. The molecule has 2 aromatic heterocycles. The number of nitrogens with zero attached hydrogens (tertiary/aromatic N) is 4. The van der Waals surface area contributed by atoms with Gasteiger partial charge in [-0.1, -0.05) is 6.92 Å². The first-order valence-electron chi connectivity index (χ1n) is 7.88. The molecule has 1 saturated heterocycles. The van der Waals surface area contributed by atoms with Crippen LogP contribution in [0.4, 0.5) is 5.82 Å². The number of carbonyl (C=O) groups is 1. The summed E-state index contributed by atoms with van der Waals surface area (Å²) < 4.78 is 5.24. The Morgan fingerprint density at radius 2 is 2.04 bits per heavy atom. The third-order valence-corrected chi connectivity index (χ3v) is 4.01. The summed E-state index contributed by atoms with van der Waals surface area (Å²) in [7, 11) is 0. The second-order valence-electron chi connectivity index (χ2n) is 5.46. The van der Waals surface area contributed by atoms with Gasteiger partial charge in [0.25, 0.3) is 5.91 Å². The lowest BCUT2D eigenvalue weighted by atomic mass is 10.2. The van der Waals surface area contributed by atoms with Crippen LogP contribution in [0.5, 0.6) is 0 Å². The van der Waals surface area contributed by atoms with E-state index in [-0.39, 0.29) is 5.91 Å². The summed E-state index contributed by atoms with van der Waals surface area (Å²) in [6.45, 7) is 7.01. The molecule has 0 radical (unpaired) electrons. The van der Waals surface area contributed by atoms with Gasteiger partial charge in [-0.3, -0.25) is 4.79 Å². The van der Waals surface area contributed by atoms with Crippen molar-refractivity contribution in [3.63, 3.8) is 0 Å². The predicted molar refractivity (Wildman–Crippen MR) is 86.1 cm³/mol. The van der Waals surface area contributed by atoms with Crippen molar-refractivity contribution in [3.05, 3.63) is 42.0 Å². The third-order valence-electron chi connectivity index (χ3n) is 4.01. The van der Waals surface area contributed by atoms with Crippen LogP contribution in [0.25, 0.3) is 0 Å². The summed E-state index contributed by atoms with van der Waals surface area (Å²) in [6, 6.07) is 7.20. The fourth-order valence-corrected chi connectivity index (χ4v) is 2.56. The van der Waals surface area contributed by atoms with E-state index in [1.165, 1.54) is 0 Å². The predicted octanol–water partition coefficient (Wildman–Crippen LogP) is 1.46. The molecule has 1 fully saturated rings. The van der Waals surface area contributed by atoms with Gasteiger partial charge in [0.2, 0.25) is 0 Å². The number of furan rings is 1. The summed E-state index contributed by atoms with van der Waals surface area (Å²) in [5, 5.41) is 11.2. The Kier molecular flexibility index (Phi) is 4.87. The summed E-state index contributed by atoms with van der Waals surface area (Å²) in [5.41, 5.74) is 0.387. The van der Waals surface area contributed by atoms with Gasteiger partial charge in [-0.05, 0) is 30.8 Å². The molecule has 0 atom stereocenters. The van der Waals surface area contributed by atoms with E-state index in [1.807, 2.05) is 17.0 Å². The standard InChI is InChI=1S/C16H21N5O2/c1-2-20-7-9-21(10-8-20)16(22)14-5-6-15(19-18-14)17-12-13-4-3-11-23-13/h3-6,11H,2,7-10,12H2,1H3,(H,17,19). The number of hydrogen-bond donors (Lipinski definition) is 1. The van der Waals surface area contributed by atoms with Crippen molar-refractivity contribution >= 4 is 11.7 Å². The lowest BCUT2D eigenvalue weighted by Gasteiger charge is -2.33. The average Bonchev–Trinajstić information content (AvgIpc) is 3.13. The van der Waals surface area contributed by atoms with Crippen LogP contribution >= 0.6 is 0 Å². The Balaban J connectivity index is 1.55. The Morgan fingerprint density at radius 1 is 1.22 bits per heavy atom. The summed E-state index contributed by atoms with van der Waals surface area (Å²) in [4.78, 5) is 16.6. The molecule has 1 aliphatic rings. The second kappa shape index (κ2) is 7.23. The van der Waals surface area contributed by atoms with Crippen LogP contribution in [0.2, 0.25) is 0 Å². The molecular weight excluding hydrogens is 294 g/mol. The zero-order chi connectivity index (χ0) is 16.1. The van der Waals surface area contributed by atoms with E-state index in [4.69, 9.17) is 4.42 Å². The molecule has 0 aliphatic carbocycles. The van der Waals surface area contributed by atoms with E-state index < -0.39 is 0 Å². The molecule has 0 saturated carbocycles. The third kappa shape index (κ3) is 3.87. The van der Waals surface area contributed by atoms with E-state index >= 15 is 0 Å². The molecule has 0 aromatic carbocycles. The van der Waals surface area contributed by atoms with Gasteiger partial charge in [0, 0.05) is 26.2 Å². The van der Waals surface area contributed by atoms with Gasteiger partial charge < -0.3 is 19.5 Å². The first kappa shape index (κ1) is 15.5. The Bertz CT molecular complexity index is 618. The summed E-state index contributed by atoms with van der Waals surface area (Å²) in [6.07, 6.45) is 1.63. The Hall–Kier alpha value is -2.41. The van der Waals surface area contributed by atoms with E-state index in [2.05, 4.69) is 27.3 Å². The molecule has 3 heterocycles. The fraction of sp³-hybridized carbons (Fsp3) is 0.438. The lowest BCUT2D eigenvalue weighted by molar-refractivity contribution is 0.0636. The molecule has 7 heteroatoms. The monoisotopic (exact) mass is 315 g/mol. The number of nitrogens with one attached hydrogen (secondary N) is 1. The van der Waals surface area contributed by atoms with Crippen molar-refractivity contribution in [1.82, 2.24) is 20.0 Å². The molecule has 1 aliphatic heterocycles. The van der Waals surface area contributed by atoms with Crippen LogP contribution in [0.3, 0.4) is 0 Å². The lowest BCUT2D eigenvalue weighted by Crippen LogP contribution is -2.48. The minimum Gasteiger partial charge on any atom is -0.467 e. The van der Waals surface area contributed by atoms with Gasteiger partial charge in [-0.15, -0.1) is 10.2 Å². The largest absolute Gasteiger partial charge is 0.467 e. The second-order valence-corrected chi connectivity index (χ2v) is 5.46. The van der Waals surface area contributed by atoms with Gasteiger partial charge in [0.15, 0.2) is 5.69 Å². The number of carbonyl (C=O) groups excluding carboxylic acids is 1. The zero-order valence-electron chi connectivity index (χ0n) is 13.2. The van der Waals surface area contributed by atoms with E-state index in [1.54, 1.807) is 18.4 Å². The SMILES string of the molecule is CCN1CCN(C(=O)c2ccc(NCc3ccco3)nn2)CC1. The zero-order valence-corrected chi connectivity index (χ0v) is 13.2. The Labute approximate surface area is 135 Å². The molecule has 23 heavy (non-hydrogen) atoms. The molecule has 0 bridgehead atoms. The number of likely N-dealkylation sites (N-methyl/N-ethyl adjacent to an activating group) is 1. The number of piperazine rings is 1. The van der Waals surface area contributed by atoms with Crippen LogP contribution in [0.1, 0.15) is 23.2 Å². The fourth-order valence-electron chi connectivity index (χ4n) is 2.56. The number of amides is 1. The highest BCUT2D eigenvalue weighted by Gasteiger charge is 2.22. The number of hydrogen-bond acceptors (Lipinski definition) is 6. The molecular formula is C16H21N5O2. The average molecular weight is 315 g/mol. The van der Waals surface area contributed by atoms with E-state index in [9.17, 15) is 4.79 Å². The minimum absolute atomic E-state index is 0.0502. The molecule has 1 N–H and O–H groups in total. The highest BCUT2D eigenvalue weighted by Crippen LogP contribution is 2.09. The quantitative estimate of drug-likeness (QED) is 0.900. The topological polar surface area (TPSA) is 74.5 Å². The van der Waals surface area contributed by atoms with E-state index in [0.29, 0.717) is 18.1 Å². The Morgan fingerprint density at radius 3 is 2.65 bits per heavy atom. The highest BCUT2D eigenvalue weighted by molar-refractivity contribution is 5.92. The van der Waals surface area contributed by atoms with Gasteiger partial charge >= 0.3 is 0 Å². The minimum atomic E-state index is -0.0502. The smallest absolute Gasteiger partial charge is 0.274 e. The normalized spacial score (nSPS) is 15.6. The van der Waals surface area contributed by atoms with E-state index in [0.717, 1.165) is 38.5 Å². The van der Waals surface area contributed by atoms with Gasteiger partial charge in [0.1, 0.15) is 11.6 Å². The summed E-state index contributed by atoms with van der Waals surface area (Å²) >= 11 is 0. The maximum atomic E-state index is 12.4. The van der Waals surface area contributed by atoms with Gasteiger partial charge in [-0.25, -0.2) is 0 Å². The number of aromatic nitrogens is 2. The molecule has 7 nitrogen and oxygen atoms in total. The highest BCUT2D eigenvalue weighted by atomic mass is 16.3. The maximum Gasteiger partial charge on any atom is 0.274 e. The first-order valence-corrected chi connectivity index (χ1v) is 7.88. The maximum absolute atomic E-state index is 12.4. The van der Waals surface area contributed by atoms with Crippen molar-refractivity contribution in [2.75, 3.05) is 38.0 Å². The molecule has 122 valence electrons. The van der Waals surface area contributed by atoms with Crippen LogP contribution in [-0.4, -0.2) is 58.6 Å². The molecule has 3 rings (SSSR count). The van der Waals surface area contributed by atoms with Crippen LogP contribution < -0.4 is 5.32 Å². The van der Waals surface area contributed by atoms with Crippen molar-refractivity contribution in [1.29, 1.82) is 0 Å². The van der Waals surface area contributed by atoms with Crippen molar-refractivity contribution < 1.29 is 9.21 Å². The van der Waals surface area contributed by atoms with Crippen molar-refractivity contribution in [2.45, 2.75) is 13.5 Å². The van der Waals surface area contributed by atoms with Crippen LogP contribution in [0.15, 0.2) is 34.9 Å². The van der Waals surface area contributed by atoms with Gasteiger partial charge in [0.05, 0.1) is 12.8 Å². The van der Waals surface area contributed by atoms with Crippen LogP contribution in [0, 0.1) is 0 Å². The molecule has 1 amide bonds. The molecule has 0 unspecified atom stereocenters. The first-order chi connectivity index (χ1) is 11.3. The molecule has 0 spiro atoms. The summed E-state index contributed by atoms with van der Waals surface area (Å²) in [5.74, 6) is 1.39.